The standard InChI is InChI=1S/C8H12ClN3O3S/c1-15-4-5(13)2-3-10-6(14)7-11-12-8(9)16-7/h5,13H,2-4H2,1H3,(H,10,14). The van der Waals surface area contributed by atoms with E-state index in [2.05, 4.69) is 15.5 Å². The van der Waals surface area contributed by atoms with Crippen molar-refractivity contribution in [2.75, 3.05) is 20.3 Å². The molecule has 0 bridgehead atoms. The number of aliphatic hydroxyl groups is 1. The van der Waals surface area contributed by atoms with Crippen molar-refractivity contribution in [1.29, 1.82) is 0 Å². The minimum atomic E-state index is -0.580. The van der Waals surface area contributed by atoms with Crippen molar-refractivity contribution in [2.45, 2.75) is 12.5 Å². The summed E-state index contributed by atoms with van der Waals surface area (Å²) >= 11 is 6.55. The summed E-state index contributed by atoms with van der Waals surface area (Å²) in [6.45, 7) is 0.598. The molecule has 1 rings (SSSR count). The molecule has 0 saturated heterocycles. The maximum atomic E-state index is 11.4. The number of carbonyl (C=O) groups excluding carboxylic acids is 1. The average molecular weight is 266 g/mol. The molecule has 0 aliphatic heterocycles. The van der Waals surface area contributed by atoms with Gasteiger partial charge in [0, 0.05) is 13.7 Å². The van der Waals surface area contributed by atoms with Crippen LogP contribution in [0.4, 0.5) is 0 Å². The number of aliphatic hydroxyl groups excluding tert-OH is 1. The minimum Gasteiger partial charge on any atom is -0.391 e. The number of carbonyl (C=O) groups is 1. The van der Waals surface area contributed by atoms with E-state index < -0.39 is 6.10 Å². The molecule has 0 aliphatic carbocycles. The molecule has 8 heteroatoms. The zero-order valence-corrected chi connectivity index (χ0v) is 10.2. The predicted molar refractivity (Wildman–Crippen MR) is 59.8 cm³/mol. The van der Waals surface area contributed by atoms with Crippen molar-refractivity contribution >= 4 is 28.8 Å². The molecule has 90 valence electrons. The van der Waals surface area contributed by atoms with E-state index in [1.807, 2.05) is 0 Å². The lowest BCUT2D eigenvalue weighted by Crippen LogP contribution is -2.28. The van der Waals surface area contributed by atoms with Crippen LogP contribution in [0.2, 0.25) is 4.47 Å². The lowest BCUT2D eigenvalue weighted by Gasteiger charge is -2.08. The SMILES string of the molecule is COCC(O)CCNC(=O)c1nnc(Cl)s1. The molecule has 16 heavy (non-hydrogen) atoms. The van der Waals surface area contributed by atoms with Gasteiger partial charge in [0.1, 0.15) is 0 Å². The highest BCUT2D eigenvalue weighted by molar-refractivity contribution is 7.17. The number of aromatic nitrogens is 2. The third-order valence-corrected chi connectivity index (χ3v) is 2.73. The fourth-order valence-corrected chi connectivity index (χ4v) is 1.75. The number of amides is 1. The van der Waals surface area contributed by atoms with Crippen LogP contribution in [-0.4, -0.2) is 47.6 Å². The zero-order chi connectivity index (χ0) is 12.0. The van der Waals surface area contributed by atoms with Crippen LogP contribution in [0.3, 0.4) is 0 Å². The van der Waals surface area contributed by atoms with E-state index in [1.54, 1.807) is 0 Å². The van der Waals surface area contributed by atoms with E-state index in [1.165, 1.54) is 7.11 Å². The van der Waals surface area contributed by atoms with E-state index in [9.17, 15) is 9.90 Å². The first-order valence-electron chi connectivity index (χ1n) is 4.57. The second-order valence-corrected chi connectivity index (χ2v) is 4.57. The Morgan fingerprint density at radius 1 is 1.69 bits per heavy atom. The van der Waals surface area contributed by atoms with E-state index in [4.69, 9.17) is 16.3 Å². The van der Waals surface area contributed by atoms with Gasteiger partial charge in [0.15, 0.2) is 0 Å². The van der Waals surface area contributed by atoms with Crippen molar-refractivity contribution in [1.82, 2.24) is 15.5 Å². The molecule has 1 aromatic heterocycles. The topological polar surface area (TPSA) is 84.3 Å². The van der Waals surface area contributed by atoms with Gasteiger partial charge in [-0.25, -0.2) is 0 Å². The molecule has 0 saturated carbocycles. The first kappa shape index (κ1) is 13.3. The smallest absolute Gasteiger partial charge is 0.282 e. The van der Waals surface area contributed by atoms with Crippen molar-refractivity contribution in [3.05, 3.63) is 9.47 Å². The van der Waals surface area contributed by atoms with Crippen molar-refractivity contribution in [3.63, 3.8) is 0 Å². The van der Waals surface area contributed by atoms with Gasteiger partial charge in [0.2, 0.25) is 9.47 Å². The molecule has 1 unspecified atom stereocenters. The Morgan fingerprint density at radius 3 is 3.00 bits per heavy atom. The van der Waals surface area contributed by atoms with Crippen LogP contribution >= 0.6 is 22.9 Å². The fourth-order valence-electron chi connectivity index (χ4n) is 1.00. The van der Waals surface area contributed by atoms with Crippen LogP contribution in [0.5, 0.6) is 0 Å². The second kappa shape index (κ2) is 6.74. The number of halogens is 1. The summed E-state index contributed by atoms with van der Waals surface area (Å²) in [5, 5.41) is 19.2. The van der Waals surface area contributed by atoms with Crippen LogP contribution in [0, 0.1) is 0 Å². The Morgan fingerprint density at radius 2 is 2.44 bits per heavy atom. The van der Waals surface area contributed by atoms with E-state index >= 15 is 0 Å². The molecular weight excluding hydrogens is 254 g/mol. The molecule has 0 aliphatic rings. The molecule has 1 atom stereocenters. The van der Waals surface area contributed by atoms with Gasteiger partial charge < -0.3 is 15.2 Å². The van der Waals surface area contributed by atoms with Gasteiger partial charge in [0.05, 0.1) is 12.7 Å². The Kier molecular flexibility index (Phi) is 5.61. The van der Waals surface area contributed by atoms with Gasteiger partial charge in [-0.1, -0.05) is 11.3 Å². The van der Waals surface area contributed by atoms with E-state index in [-0.39, 0.29) is 22.0 Å². The van der Waals surface area contributed by atoms with Gasteiger partial charge >= 0.3 is 0 Å². The number of hydrogen-bond acceptors (Lipinski definition) is 6. The van der Waals surface area contributed by atoms with Crippen LogP contribution in [-0.2, 0) is 4.74 Å². The summed E-state index contributed by atoms with van der Waals surface area (Å²) in [5.41, 5.74) is 0. The highest BCUT2D eigenvalue weighted by Crippen LogP contribution is 2.14. The van der Waals surface area contributed by atoms with Gasteiger partial charge in [-0.2, -0.15) is 0 Å². The van der Waals surface area contributed by atoms with Gasteiger partial charge in [-0.15, -0.1) is 10.2 Å². The number of nitrogens with zero attached hydrogens (tertiary/aromatic N) is 2. The average Bonchev–Trinajstić information content (AvgIpc) is 2.65. The van der Waals surface area contributed by atoms with Crippen molar-refractivity contribution in [3.8, 4) is 0 Å². The highest BCUT2D eigenvalue weighted by atomic mass is 35.5. The molecule has 0 spiro atoms. The van der Waals surface area contributed by atoms with Crippen LogP contribution in [0.1, 0.15) is 16.2 Å². The Bertz CT molecular complexity index is 347. The third kappa shape index (κ3) is 4.40. The second-order valence-electron chi connectivity index (χ2n) is 3.01. The summed E-state index contributed by atoms with van der Waals surface area (Å²) in [6.07, 6.45) is -0.158. The number of ether oxygens (including phenoxy) is 1. The Hall–Kier alpha value is -0.760. The lowest BCUT2D eigenvalue weighted by atomic mass is 10.2. The van der Waals surface area contributed by atoms with Gasteiger partial charge in [0.25, 0.3) is 5.91 Å². The number of rotatable bonds is 6. The normalized spacial score (nSPS) is 12.4. The summed E-state index contributed by atoms with van der Waals surface area (Å²) in [4.78, 5) is 11.4. The largest absolute Gasteiger partial charge is 0.391 e. The summed E-state index contributed by atoms with van der Waals surface area (Å²) < 4.78 is 4.98. The molecular formula is C8H12ClN3O3S. The van der Waals surface area contributed by atoms with Crippen LogP contribution < -0.4 is 5.32 Å². The summed E-state index contributed by atoms with van der Waals surface area (Å²) in [5.74, 6) is -0.339. The van der Waals surface area contributed by atoms with Crippen LogP contribution in [0.25, 0.3) is 0 Å². The van der Waals surface area contributed by atoms with Crippen molar-refractivity contribution in [2.24, 2.45) is 0 Å². The molecule has 0 radical (unpaired) electrons. The molecule has 1 heterocycles. The quantitative estimate of drug-likeness (QED) is 0.774. The highest BCUT2D eigenvalue weighted by Gasteiger charge is 2.12. The summed E-state index contributed by atoms with van der Waals surface area (Å²) in [6, 6.07) is 0. The molecule has 1 amide bonds. The fraction of sp³-hybridized carbons (Fsp3) is 0.625. The first-order valence-corrected chi connectivity index (χ1v) is 5.77. The zero-order valence-electron chi connectivity index (χ0n) is 8.64. The number of methoxy groups -OCH3 is 1. The number of nitrogens with one attached hydrogen (secondary N) is 1. The molecule has 1 aromatic rings. The molecule has 2 N–H and O–H groups in total. The number of hydrogen-bond donors (Lipinski definition) is 2. The third-order valence-electron chi connectivity index (χ3n) is 1.72. The Balaban J connectivity index is 2.25. The monoisotopic (exact) mass is 265 g/mol. The van der Waals surface area contributed by atoms with Gasteiger partial charge in [-0.05, 0) is 18.0 Å². The minimum absolute atomic E-state index is 0.214. The molecule has 0 aromatic carbocycles. The predicted octanol–water partition coefficient (Wildman–Crippen LogP) is 0.319. The molecule has 0 fully saturated rings. The van der Waals surface area contributed by atoms with Crippen LogP contribution in [0.15, 0.2) is 0 Å². The maximum Gasteiger partial charge on any atom is 0.282 e. The lowest BCUT2D eigenvalue weighted by molar-refractivity contribution is 0.0587. The van der Waals surface area contributed by atoms with Crippen molar-refractivity contribution < 1.29 is 14.6 Å². The van der Waals surface area contributed by atoms with E-state index in [0.717, 1.165) is 11.3 Å². The Labute approximate surface area is 102 Å². The van der Waals surface area contributed by atoms with E-state index in [0.29, 0.717) is 13.0 Å². The van der Waals surface area contributed by atoms with Gasteiger partial charge in [-0.3, -0.25) is 4.79 Å². The summed E-state index contributed by atoms with van der Waals surface area (Å²) in [7, 11) is 1.50. The molecule has 6 nitrogen and oxygen atoms in total. The first-order chi connectivity index (χ1) is 7.63. The maximum absolute atomic E-state index is 11.4.